The molecule has 0 bridgehead atoms. The summed E-state index contributed by atoms with van der Waals surface area (Å²) in [6.07, 6.45) is 15.1. The molecule has 0 fully saturated rings. The largest absolute Gasteiger partial charge is 0.585 e. The molecule has 4 rings (SSSR count). The van der Waals surface area contributed by atoms with E-state index in [1.54, 1.807) is 30.9 Å². The van der Waals surface area contributed by atoms with E-state index in [4.69, 9.17) is 44.6 Å². The number of aliphatic carboxylic acids is 2. The van der Waals surface area contributed by atoms with Gasteiger partial charge < -0.3 is 55.4 Å². The number of furan rings is 3. The molecule has 18 heteroatoms. The second-order valence-corrected chi connectivity index (χ2v) is 13.8. The molecule has 0 saturated carbocycles. The number of amides is 1. The van der Waals surface area contributed by atoms with Crippen LogP contribution < -0.4 is 32.6 Å². The number of aliphatic hydroxyl groups excluding tert-OH is 3. The molecule has 0 spiro atoms. The molecule has 293 valence electrons. The fourth-order valence-electron chi connectivity index (χ4n) is 4.58. The zero-order valence-electron chi connectivity index (χ0n) is 29.3. The standard InChI is InChI=1S/C17H27N4O3.C12H9O3P.C6H13NO5.Tc/c18-21-15-11-10-14(13-20-15)17(24)19-12-8-6-4-2-1-3-5-7-9-16(22)23;1-4-10(13-7-1)16(11-5-2-8-14-11)12-6-3-9-15-12;8-2-6(3-9,4-10)7-1-5(11)12;/h10-11,13,18H,1-9,12H2,(H,22,23)(H2,19,20,21,24);1-9H;7-10H,1-4H2,(H,11,12);/q-1;;;/p+1. The quantitative estimate of drug-likeness (QED) is 0.0321. The third-order valence-electron chi connectivity index (χ3n) is 7.58. The molecular weight excluding hydrogens is 795 g/mol. The first-order chi connectivity index (χ1) is 25.2. The van der Waals surface area contributed by atoms with Crippen molar-refractivity contribution < 1.29 is 73.3 Å². The van der Waals surface area contributed by atoms with Crippen molar-refractivity contribution in [3.05, 3.63) is 84.9 Å². The molecule has 4 heterocycles. The number of unbranched alkanes of at least 4 members (excludes halogenated alkanes) is 7. The van der Waals surface area contributed by atoms with Crippen LogP contribution in [-0.4, -0.2) is 86.8 Å². The topological polar surface area (TPSA) is 265 Å². The van der Waals surface area contributed by atoms with Gasteiger partial charge in [0.05, 0.1) is 56.3 Å². The van der Waals surface area contributed by atoms with Crippen molar-refractivity contribution in [3.8, 4) is 0 Å². The minimum absolute atomic E-state index is 0. The van der Waals surface area contributed by atoms with Crippen molar-refractivity contribution in [2.45, 2.75) is 63.3 Å². The first kappa shape index (κ1) is 47.1. The number of pyridine rings is 1. The molecule has 0 unspecified atom stereocenters. The molecule has 9 N–H and O–H groups in total. The molecule has 1 amide bonds. The van der Waals surface area contributed by atoms with Gasteiger partial charge in [-0.2, -0.15) is 0 Å². The average molecular weight is 846 g/mol. The van der Waals surface area contributed by atoms with E-state index in [2.05, 4.69) is 21.0 Å². The van der Waals surface area contributed by atoms with Gasteiger partial charge in [-0.1, -0.05) is 38.5 Å². The summed E-state index contributed by atoms with van der Waals surface area (Å²) in [6, 6.07) is 14.8. The fourth-order valence-corrected chi connectivity index (χ4v) is 6.65. The van der Waals surface area contributed by atoms with Crippen LogP contribution in [0.15, 0.2) is 86.8 Å². The Morgan fingerprint density at radius 1 is 0.717 bits per heavy atom. The smallest absolute Gasteiger partial charge is 0.317 e. The van der Waals surface area contributed by atoms with Crippen LogP contribution in [0, 0.1) is 0 Å². The molecule has 0 saturated heterocycles. The SMILES string of the molecule is O=C(O)CNC(CO)(CO)CO.[NH-]Nc1ccc(C(=O)NCCCCCCCCCCC(=O)O)cn1.[Tc].c1coc([PH+](c2ccco2)c2ccco2)c1. The number of rotatable bonds is 22. The number of anilines is 1. The first-order valence-electron chi connectivity index (χ1n) is 16.8. The molecule has 53 heavy (non-hydrogen) atoms. The van der Waals surface area contributed by atoms with E-state index in [9.17, 15) is 14.4 Å². The number of aliphatic hydroxyl groups is 3. The van der Waals surface area contributed by atoms with Gasteiger partial charge in [-0.3, -0.25) is 19.7 Å². The Balaban J connectivity index is 0.000000419. The van der Waals surface area contributed by atoms with Crippen molar-refractivity contribution in [3.63, 3.8) is 0 Å². The van der Waals surface area contributed by atoms with Gasteiger partial charge in [0.15, 0.2) is 0 Å². The fraction of sp³-hybridized carbons (Fsp3) is 0.429. The maximum Gasteiger partial charge on any atom is 0.317 e. The van der Waals surface area contributed by atoms with E-state index >= 15 is 0 Å². The molecule has 0 atom stereocenters. The number of carboxylic acid groups (broad SMARTS) is 2. The van der Waals surface area contributed by atoms with Crippen LogP contribution in [0.1, 0.15) is 68.1 Å². The average Bonchev–Trinajstić information content (AvgIpc) is 3.98. The number of nitrogens with one attached hydrogen (secondary N) is 4. The Morgan fingerprint density at radius 3 is 1.58 bits per heavy atom. The molecule has 1 radical (unpaired) electrons. The summed E-state index contributed by atoms with van der Waals surface area (Å²) in [5.41, 5.74) is 4.09. The summed E-state index contributed by atoms with van der Waals surface area (Å²) >= 11 is 0. The zero-order chi connectivity index (χ0) is 38.0. The minimum atomic E-state index is -1.31. The number of carboxylic acids is 2. The third kappa shape index (κ3) is 18.6. The Morgan fingerprint density at radius 2 is 1.21 bits per heavy atom. The summed E-state index contributed by atoms with van der Waals surface area (Å²) in [5.74, 6) is 5.38. The summed E-state index contributed by atoms with van der Waals surface area (Å²) in [4.78, 5) is 36.2. The second-order valence-electron chi connectivity index (χ2n) is 11.6. The first-order valence-corrected chi connectivity index (χ1v) is 18.3. The van der Waals surface area contributed by atoms with E-state index in [-0.39, 0.29) is 32.4 Å². The summed E-state index contributed by atoms with van der Waals surface area (Å²) in [5, 5.41) is 48.1. The Hall–Kier alpha value is -3.92. The normalized spacial score (nSPS) is 10.7. The number of hydrogen-bond acceptors (Lipinski definition) is 12. The van der Waals surface area contributed by atoms with Crippen molar-refractivity contribution in [1.29, 1.82) is 0 Å². The molecular formula is C35H50N5O11PTc. The predicted octanol–water partition coefficient (Wildman–Crippen LogP) is 3.12. The molecule has 0 aromatic carbocycles. The van der Waals surface area contributed by atoms with E-state index < -0.39 is 51.8 Å². The monoisotopic (exact) mass is 844 g/mol. The minimum Gasteiger partial charge on any atom is -0.585 e. The number of carbonyl (C=O) groups excluding carboxylic acids is 1. The van der Waals surface area contributed by atoms with E-state index in [0.717, 1.165) is 67.9 Å². The van der Waals surface area contributed by atoms with Gasteiger partial charge >= 0.3 is 11.9 Å². The third-order valence-corrected chi connectivity index (χ3v) is 9.91. The van der Waals surface area contributed by atoms with Gasteiger partial charge in [-0.05, 0) is 43.2 Å². The zero-order valence-corrected chi connectivity index (χ0v) is 32.2. The summed E-state index contributed by atoms with van der Waals surface area (Å²) in [6.45, 7) is -1.33. The van der Waals surface area contributed by atoms with Gasteiger partial charge in [0.2, 0.25) is 7.92 Å². The van der Waals surface area contributed by atoms with E-state index in [0.29, 0.717) is 17.9 Å². The van der Waals surface area contributed by atoms with Crippen LogP contribution in [-0.2, 0) is 29.7 Å². The van der Waals surface area contributed by atoms with Crippen LogP contribution in [0.25, 0.3) is 5.84 Å². The van der Waals surface area contributed by atoms with Gasteiger partial charge in [0, 0.05) is 57.5 Å². The van der Waals surface area contributed by atoms with Crippen molar-refractivity contribution in [2.75, 3.05) is 38.3 Å². The Kier molecular flexibility index (Phi) is 24.6. The molecule has 0 aliphatic carbocycles. The van der Waals surface area contributed by atoms with Crippen LogP contribution in [0.5, 0.6) is 0 Å². The van der Waals surface area contributed by atoms with Crippen LogP contribution in [0.4, 0.5) is 5.82 Å². The molecule has 16 nitrogen and oxygen atoms in total. The maximum atomic E-state index is 11.9. The number of hydrogen-bond donors (Lipinski definition) is 8. The van der Waals surface area contributed by atoms with Gasteiger partial charge in [-0.15, -0.1) is 0 Å². The second kappa shape index (κ2) is 27.7. The number of nitrogens with zero attached hydrogens (tertiary/aromatic N) is 1. The Bertz CT molecular complexity index is 1420. The van der Waals surface area contributed by atoms with Crippen LogP contribution in [0.3, 0.4) is 0 Å². The molecule has 0 aliphatic heterocycles. The maximum absolute atomic E-state index is 11.9. The van der Waals surface area contributed by atoms with Crippen LogP contribution >= 0.6 is 7.92 Å². The van der Waals surface area contributed by atoms with Crippen LogP contribution in [0.2, 0.25) is 0 Å². The Labute approximate surface area is 322 Å². The molecule has 4 aromatic rings. The summed E-state index contributed by atoms with van der Waals surface area (Å²) in [7, 11) is -1.25. The molecule has 4 aromatic heterocycles. The summed E-state index contributed by atoms with van der Waals surface area (Å²) < 4.78 is 16.4. The van der Waals surface area contributed by atoms with Crippen molar-refractivity contribution >= 4 is 48.1 Å². The van der Waals surface area contributed by atoms with Crippen molar-refractivity contribution in [2.24, 2.45) is 0 Å². The van der Waals surface area contributed by atoms with Gasteiger partial charge in [0.25, 0.3) is 22.4 Å². The molecule has 0 aliphatic rings. The van der Waals surface area contributed by atoms with Gasteiger partial charge in [0.1, 0.15) is 5.82 Å². The number of carbonyl (C=O) groups is 3. The van der Waals surface area contributed by atoms with Crippen molar-refractivity contribution in [1.82, 2.24) is 15.6 Å². The predicted molar refractivity (Wildman–Crippen MR) is 197 cm³/mol. The number of aromatic nitrogens is 1. The van der Waals surface area contributed by atoms with Gasteiger partial charge in [-0.25, -0.2) is 4.98 Å². The van der Waals surface area contributed by atoms with E-state index in [1.165, 1.54) is 6.20 Å². The van der Waals surface area contributed by atoms with E-state index in [1.807, 2.05) is 36.4 Å².